The second-order valence-corrected chi connectivity index (χ2v) is 9.45. The van der Waals surface area contributed by atoms with Gasteiger partial charge in [0.15, 0.2) is 0 Å². The number of ether oxygens (including phenoxy) is 3. The number of nitrogens with zero attached hydrogens (tertiary/aromatic N) is 2. The Bertz CT molecular complexity index is 1200. The molecule has 0 aliphatic heterocycles. The summed E-state index contributed by atoms with van der Waals surface area (Å²) in [6, 6.07) is -1.82. The van der Waals surface area contributed by atoms with Crippen molar-refractivity contribution < 1.29 is 43.3 Å². The Kier molecular flexibility index (Phi) is 25.8. The molecule has 0 spiro atoms. The highest BCUT2D eigenvalue weighted by molar-refractivity contribution is 5.97. The molecule has 45 heavy (non-hydrogen) atoms. The molecule has 5 amide bonds. The van der Waals surface area contributed by atoms with E-state index >= 15 is 0 Å². The first-order valence-electron chi connectivity index (χ1n) is 13.8. The van der Waals surface area contributed by atoms with Gasteiger partial charge in [0, 0.05) is 14.2 Å². The van der Waals surface area contributed by atoms with Gasteiger partial charge in [0.1, 0.15) is 19.2 Å². The maximum absolute atomic E-state index is 11.6. The lowest BCUT2D eigenvalue weighted by atomic mass is 10.1. The third-order valence-electron chi connectivity index (χ3n) is 4.48. The van der Waals surface area contributed by atoms with Crippen molar-refractivity contribution in [3.63, 3.8) is 0 Å². The van der Waals surface area contributed by atoms with Crippen LogP contribution in [0, 0.1) is 5.92 Å². The molecular weight excluding hydrogens is 600 g/mol. The standard InChI is InChI=1S/C11H17N3O5.C10H17N3O6.C4H8O.C2H6/c1-6(2)4-7(3)19-8(15)5-14-10(17)12-9(16)13-11(14)18;1-7(5-18-3)19-8(15)4-13(2)10(17)12-9(16)11-6-14;1-4(2)3-5;1-2/h6-7H,4-5H2,1-3H3,(H2,12,13,16,17,18);6-7H,4-5H2,1-3H3,(H2,11,12,14,16,17);5H,1,3H2,2H3;1-2H3. The maximum Gasteiger partial charge on any atom is 0.334 e. The van der Waals surface area contributed by atoms with Crippen molar-refractivity contribution in [3.05, 3.63) is 43.6 Å². The van der Waals surface area contributed by atoms with Gasteiger partial charge in [-0.1, -0.05) is 39.8 Å². The molecular formula is C27H48N6O12. The molecule has 0 aromatic carbocycles. The first-order chi connectivity index (χ1) is 21.0. The Hall–Kier alpha value is -4.58. The Morgan fingerprint density at radius 1 is 1.00 bits per heavy atom. The average Bonchev–Trinajstić information content (AvgIpc) is 2.92. The lowest BCUT2D eigenvalue weighted by Crippen LogP contribution is -2.47. The third-order valence-corrected chi connectivity index (χ3v) is 4.48. The summed E-state index contributed by atoms with van der Waals surface area (Å²) in [4.78, 5) is 93.3. The molecule has 0 fully saturated rings. The average molecular weight is 649 g/mol. The van der Waals surface area contributed by atoms with Crippen LogP contribution in [0.3, 0.4) is 0 Å². The van der Waals surface area contributed by atoms with E-state index in [0.717, 1.165) is 10.5 Å². The summed E-state index contributed by atoms with van der Waals surface area (Å²) < 4.78 is 15.3. The fourth-order valence-electron chi connectivity index (χ4n) is 2.78. The second-order valence-electron chi connectivity index (χ2n) is 9.45. The molecule has 0 radical (unpaired) electrons. The Labute approximate surface area is 261 Å². The number of carbonyl (C=O) groups is 5. The highest BCUT2D eigenvalue weighted by Crippen LogP contribution is 2.07. The number of hydrogen-bond acceptors (Lipinski definition) is 12. The van der Waals surface area contributed by atoms with E-state index < -0.39 is 53.7 Å². The number of likely N-dealkylation sites (N-methyl/N-ethyl adjacent to an activating group) is 1. The highest BCUT2D eigenvalue weighted by atomic mass is 16.6. The zero-order valence-electron chi connectivity index (χ0n) is 27.4. The molecule has 1 aromatic rings. The SMILES string of the molecule is C=C(C)CO.CC.CC(C)CC(C)OC(=O)Cn1c(=O)[nH]c(=O)[nH]c1=O.COCC(C)OC(=O)CN(C)C(=O)NC(=O)NC=O. The smallest absolute Gasteiger partial charge is 0.334 e. The van der Waals surface area contributed by atoms with Crippen molar-refractivity contribution in [1.82, 2.24) is 30.1 Å². The summed E-state index contributed by atoms with van der Waals surface area (Å²) in [5, 5.41) is 11.6. The van der Waals surface area contributed by atoms with E-state index in [0.29, 0.717) is 16.9 Å². The van der Waals surface area contributed by atoms with Crippen LogP contribution < -0.4 is 27.7 Å². The molecule has 0 aliphatic rings. The van der Waals surface area contributed by atoms with Crippen LogP contribution in [0.1, 0.15) is 54.9 Å². The summed E-state index contributed by atoms with van der Waals surface area (Å²) in [7, 11) is 2.77. The van der Waals surface area contributed by atoms with Crippen LogP contribution in [0.2, 0.25) is 0 Å². The van der Waals surface area contributed by atoms with Crippen LogP contribution >= 0.6 is 0 Å². The summed E-state index contributed by atoms with van der Waals surface area (Å²) in [6.07, 6.45) is 0.0729. The molecule has 258 valence electrons. The lowest BCUT2D eigenvalue weighted by molar-refractivity contribution is -0.151. The molecule has 5 N–H and O–H groups in total. The maximum atomic E-state index is 11.6. The minimum Gasteiger partial charge on any atom is -0.461 e. The number of aliphatic hydroxyl groups is 1. The molecule has 2 unspecified atom stereocenters. The third kappa shape index (κ3) is 24.5. The number of amides is 5. The summed E-state index contributed by atoms with van der Waals surface area (Å²) >= 11 is 0. The number of aliphatic hydroxyl groups excluding tert-OH is 1. The van der Waals surface area contributed by atoms with Crippen LogP contribution in [0.5, 0.6) is 0 Å². The number of H-pyrrole nitrogens is 2. The van der Waals surface area contributed by atoms with E-state index in [1.54, 1.807) is 26.1 Å². The molecule has 0 bridgehead atoms. The number of urea groups is 2. The van der Waals surface area contributed by atoms with Gasteiger partial charge in [0.05, 0.1) is 19.3 Å². The van der Waals surface area contributed by atoms with E-state index in [1.807, 2.05) is 43.0 Å². The quantitative estimate of drug-likeness (QED) is 0.113. The number of imide groups is 2. The zero-order chi connectivity index (χ0) is 35.7. The molecule has 0 saturated heterocycles. The van der Waals surface area contributed by atoms with E-state index in [1.165, 1.54) is 14.2 Å². The molecule has 18 heteroatoms. The number of esters is 2. The number of carbonyl (C=O) groups excluding carboxylic acids is 5. The van der Waals surface area contributed by atoms with Gasteiger partial charge in [-0.25, -0.2) is 28.5 Å². The van der Waals surface area contributed by atoms with Crippen molar-refractivity contribution in [1.29, 1.82) is 0 Å². The van der Waals surface area contributed by atoms with E-state index in [2.05, 4.69) is 6.58 Å². The molecule has 1 rings (SSSR count). The number of aromatic nitrogens is 3. The van der Waals surface area contributed by atoms with Gasteiger partial charge >= 0.3 is 41.1 Å². The molecule has 0 aliphatic carbocycles. The predicted molar refractivity (Wildman–Crippen MR) is 163 cm³/mol. The predicted octanol–water partition coefficient (Wildman–Crippen LogP) is -0.144. The van der Waals surface area contributed by atoms with E-state index in [4.69, 9.17) is 19.3 Å². The topological polar surface area (TPSA) is 248 Å². The van der Waals surface area contributed by atoms with Crippen LogP contribution in [0.15, 0.2) is 26.5 Å². The summed E-state index contributed by atoms with van der Waals surface area (Å²) in [5.74, 6) is -0.979. The fraction of sp³-hybridized carbons (Fsp3) is 0.630. The molecule has 1 heterocycles. The van der Waals surface area contributed by atoms with Gasteiger partial charge < -0.3 is 24.2 Å². The summed E-state index contributed by atoms with van der Waals surface area (Å²) in [5.41, 5.74) is -1.98. The van der Waals surface area contributed by atoms with Gasteiger partial charge in [-0.15, -0.1) is 0 Å². The molecule has 18 nitrogen and oxygen atoms in total. The zero-order valence-corrected chi connectivity index (χ0v) is 27.4. The number of methoxy groups -OCH3 is 1. The van der Waals surface area contributed by atoms with Crippen molar-refractivity contribution in [3.8, 4) is 0 Å². The number of hydrogen-bond donors (Lipinski definition) is 5. The summed E-state index contributed by atoms with van der Waals surface area (Å²) in [6.45, 7) is 16.0. The highest BCUT2D eigenvalue weighted by Gasteiger charge is 2.18. The minimum absolute atomic E-state index is 0.111. The Morgan fingerprint density at radius 2 is 1.49 bits per heavy atom. The van der Waals surface area contributed by atoms with Crippen LogP contribution in [0.25, 0.3) is 0 Å². The van der Waals surface area contributed by atoms with Crippen LogP contribution in [-0.4, -0.2) is 101 Å². The largest absolute Gasteiger partial charge is 0.461 e. The van der Waals surface area contributed by atoms with Gasteiger partial charge in [-0.2, -0.15) is 0 Å². The Balaban J connectivity index is -0.000000649. The van der Waals surface area contributed by atoms with Crippen molar-refractivity contribution >= 4 is 30.4 Å². The normalized spacial score (nSPS) is 10.9. The van der Waals surface area contributed by atoms with E-state index in [9.17, 15) is 38.4 Å². The van der Waals surface area contributed by atoms with Gasteiger partial charge in [-0.3, -0.25) is 35.0 Å². The van der Waals surface area contributed by atoms with Gasteiger partial charge in [0.2, 0.25) is 6.41 Å². The first-order valence-corrected chi connectivity index (χ1v) is 13.8. The van der Waals surface area contributed by atoms with Crippen molar-refractivity contribution in [2.45, 2.75) is 73.6 Å². The fourth-order valence-corrected chi connectivity index (χ4v) is 2.78. The van der Waals surface area contributed by atoms with Crippen LogP contribution in [0.4, 0.5) is 9.59 Å². The second kappa shape index (κ2) is 25.9. The molecule has 2 atom stereocenters. The first kappa shape index (κ1) is 44.9. The molecule has 0 saturated carbocycles. The lowest BCUT2D eigenvalue weighted by Gasteiger charge is -2.18. The van der Waals surface area contributed by atoms with Crippen LogP contribution in [-0.2, 0) is 35.1 Å². The number of nitrogens with one attached hydrogen (secondary N) is 4. The van der Waals surface area contributed by atoms with Gasteiger partial charge in [0.25, 0.3) is 0 Å². The molecule has 1 aromatic heterocycles. The van der Waals surface area contributed by atoms with Crippen molar-refractivity contribution in [2.24, 2.45) is 5.92 Å². The van der Waals surface area contributed by atoms with E-state index in [-0.39, 0.29) is 32.3 Å². The monoisotopic (exact) mass is 648 g/mol. The minimum atomic E-state index is -0.979. The number of rotatable bonds is 12. The number of aromatic amines is 2. The van der Waals surface area contributed by atoms with Gasteiger partial charge in [-0.05, 0) is 33.1 Å². The Morgan fingerprint density at radius 3 is 1.91 bits per heavy atom. The van der Waals surface area contributed by atoms with Crippen molar-refractivity contribution in [2.75, 3.05) is 33.9 Å².